The van der Waals surface area contributed by atoms with Crippen molar-refractivity contribution in [3.8, 4) is 0 Å². The minimum Gasteiger partial charge on any atom is -0.478 e. The highest BCUT2D eigenvalue weighted by atomic mass is 16.5. The van der Waals surface area contributed by atoms with Crippen LogP contribution in [0.15, 0.2) is 90.1 Å². The van der Waals surface area contributed by atoms with Crippen LogP contribution in [0.3, 0.4) is 0 Å². The molecule has 2 atom stereocenters. The monoisotopic (exact) mass is 455 g/mol. The summed E-state index contributed by atoms with van der Waals surface area (Å²) in [6.07, 6.45) is 9.06. The molecule has 0 spiro atoms. The van der Waals surface area contributed by atoms with Crippen LogP contribution in [-0.2, 0) is 27.2 Å². The fraction of sp³-hybridized carbons (Fsp3) is 0.241. The fourth-order valence-corrected chi connectivity index (χ4v) is 5.09. The molecule has 0 aliphatic heterocycles. The number of nitrogens with two attached hydrogens (primary N) is 1. The molecular weight excluding hydrogens is 426 g/mol. The molecule has 2 aromatic carbocycles. The lowest BCUT2D eigenvalue weighted by atomic mass is 9.70. The molecule has 0 radical (unpaired) electrons. The van der Waals surface area contributed by atoms with Crippen molar-refractivity contribution in [1.82, 2.24) is 0 Å². The predicted molar refractivity (Wildman–Crippen MR) is 133 cm³/mol. The summed E-state index contributed by atoms with van der Waals surface area (Å²) < 4.78 is 6.06. The zero-order valence-corrected chi connectivity index (χ0v) is 19.3. The molecule has 2 unspecified atom stereocenters. The van der Waals surface area contributed by atoms with Crippen LogP contribution in [-0.4, -0.2) is 23.6 Å². The Labute approximate surface area is 199 Å². The molecule has 0 heterocycles. The molecule has 0 aromatic heterocycles. The molecule has 2 aliphatic carbocycles. The number of ether oxygens (including phenoxy) is 1. The number of carbonyl (C=O) groups is 2. The topological polar surface area (TPSA) is 89.6 Å². The molecule has 0 amide bonds. The van der Waals surface area contributed by atoms with Crippen LogP contribution in [0.2, 0.25) is 0 Å². The molecular formula is C29H29NO4. The Bertz CT molecular complexity index is 1240. The first-order valence-electron chi connectivity index (χ1n) is 11.4. The van der Waals surface area contributed by atoms with E-state index in [0.29, 0.717) is 12.8 Å². The molecule has 5 nitrogen and oxygen atoms in total. The number of carboxylic acids is 1. The zero-order valence-electron chi connectivity index (χ0n) is 19.3. The van der Waals surface area contributed by atoms with Gasteiger partial charge in [-0.2, -0.15) is 0 Å². The van der Waals surface area contributed by atoms with E-state index in [1.807, 2.05) is 43.3 Å². The van der Waals surface area contributed by atoms with Crippen molar-refractivity contribution >= 4 is 18.0 Å². The highest BCUT2D eigenvalue weighted by Gasteiger charge is 2.51. The molecule has 34 heavy (non-hydrogen) atoms. The lowest BCUT2D eigenvalue weighted by molar-refractivity contribution is -0.153. The van der Waals surface area contributed by atoms with Gasteiger partial charge >= 0.3 is 11.9 Å². The zero-order chi connectivity index (χ0) is 24.3. The van der Waals surface area contributed by atoms with E-state index in [0.717, 1.165) is 23.1 Å². The lowest BCUT2D eigenvalue weighted by Gasteiger charge is -2.37. The Morgan fingerprint density at radius 3 is 2.53 bits per heavy atom. The molecule has 2 aromatic rings. The van der Waals surface area contributed by atoms with Crippen LogP contribution >= 0.6 is 0 Å². The van der Waals surface area contributed by atoms with Crippen LogP contribution in [0.1, 0.15) is 41.7 Å². The summed E-state index contributed by atoms with van der Waals surface area (Å²) in [6, 6.07) is 16.4. The summed E-state index contributed by atoms with van der Waals surface area (Å²) in [6.45, 7) is 5.34. The van der Waals surface area contributed by atoms with Crippen LogP contribution in [0, 0.1) is 5.41 Å². The van der Waals surface area contributed by atoms with Crippen molar-refractivity contribution < 1.29 is 19.4 Å². The number of carboxylic acid groups (broad SMARTS) is 1. The van der Waals surface area contributed by atoms with E-state index in [9.17, 15) is 14.7 Å². The van der Waals surface area contributed by atoms with Crippen molar-refractivity contribution in [1.29, 1.82) is 0 Å². The molecule has 174 valence electrons. The average Bonchev–Trinajstić information content (AvgIpc) is 3.41. The second kappa shape index (κ2) is 9.65. The summed E-state index contributed by atoms with van der Waals surface area (Å²) in [5.74, 6) is -1.50. The number of hydrogen-bond donors (Lipinski definition) is 2. The van der Waals surface area contributed by atoms with Gasteiger partial charge in [0, 0.05) is 5.41 Å². The molecule has 5 heteroatoms. The highest BCUT2D eigenvalue weighted by molar-refractivity contribution is 5.89. The highest BCUT2D eigenvalue weighted by Crippen LogP contribution is 2.58. The normalized spacial score (nSPS) is 21.2. The molecule has 0 saturated carbocycles. The number of aliphatic carboxylic acids is 1. The van der Waals surface area contributed by atoms with Crippen molar-refractivity contribution in [2.75, 3.05) is 6.54 Å². The molecule has 2 aliphatic rings. The number of rotatable bonds is 8. The maximum Gasteiger partial charge on any atom is 0.335 e. The van der Waals surface area contributed by atoms with E-state index in [2.05, 4.69) is 30.9 Å². The third kappa shape index (κ3) is 4.39. The SMILES string of the molecule is C=C(C=CC(=CC)CC1(C2=Cc3ccccc3C2)Cc2ccccc2C1OC(=O)CN)C(=O)O. The van der Waals surface area contributed by atoms with E-state index >= 15 is 0 Å². The van der Waals surface area contributed by atoms with E-state index in [-0.39, 0.29) is 12.1 Å². The van der Waals surface area contributed by atoms with Gasteiger partial charge in [-0.3, -0.25) is 4.79 Å². The molecule has 0 saturated heterocycles. The summed E-state index contributed by atoms with van der Waals surface area (Å²) >= 11 is 0. The summed E-state index contributed by atoms with van der Waals surface area (Å²) in [5.41, 5.74) is 11.8. The minimum atomic E-state index is -1.06. The Kier molecular flexibility index (Phi) is 6.66. The van der Waals surface area contributed by atoms with E-state index in [1.165, 1.54) is 22.8 Å². The largest absolute Gasteiger partial charge is 0.478 e. The number of carbonyl (C=O) groups excluding carboxylic acids is 1. The van der Waals surface area contributed by atoms with E-state index in [4.69, 9.17) is 10.5 Å². The van der Waals surface area contributed by atoms with Crippen LogP contribution in [0.4, 0.5) is 0 Å². The Morgan fingerprint density at radius 2 is 1.85 bits per heavy atom. The van der Waals surface area contributed by atoms with Crippen molar-refractivity contribution in [2.45, 2.75) is 32.3 Å². The van der Waals surface area contributed by atoms with E-state index < -0.39 is 23.5 Å². The second-order valence-corrected chi connectivity index (χ2v) is 8.86. The second-order valence-electron chi connectivity index (χ2n) is 8.86. The quantitative estimate of drug-likeness (QED) is 0.334. The Morgan fingerprint density at radius 1 is 1.15 bits per heavy atom. The van der Waals surface area contributed by atoms with E-state index in [1.54, 1.807) is 6.08 Å². The first-order chi connectivity index (χ1) is 16.4. The summed E-state index contributed by atoms with van der Waals surface area (Å²) in [4.78, 5) is 23.7. The molecule has 0 bridgehead atoms. The van der Waals surface area contributed by atoms with Crippen LogP contribution < -0.4 is 5.73 Å². The first kappa shape index (κ1) is 23.5. The third-order valence-electron chi connectivity index (χ3n) is 6.83. The van der Waals surface area contributed by atoms with Crippen molar-refractivity contribution in [3.05, 3.63) is 112 Å². The molecule has 3 N–H and O–H groups in total. The smallest absolute Gasteiger partial charge is 0.335 e. The summed E-state index contributed by atoms with van der Waals surface area (Å²) in [7, 11) is 0. The first-order valence-corrected chi connectivity index (χ1v) is 11.4. The van der Waals surface area contributed by atoms with Gasteiger partial charge in [-0.15, -0.1) is 0 Å². The van der Waals surface area contributed by atoms with Gasteiger partial charge in [0.1, 0.15) is 6.10 Å². The van der Waals surface area contributed by atoms with Gasteiger partial charge in [-0.1, -0.05) is 84.5 Å². The van der Waals surface area contributed by atoms with Gasteiger partial charge in [-0.25, -0.2) is 4.79 Å². The van der Waals surface area contributed by atoms with Gasteiger partial charge in [-0.05, 0) is 54.5 Å². The van der Waals surface area contributed by atoms with Gasteiger partial charge in [0.15, 0.2) is 0 Å². The number of allylic oxidation sites excluding steroid dienone is 3. The number of fused-ring (bicyclic) bond motifs is 2. The van der Waals surface area contributed by atoms with Gasteiger partial charge in [0.05, 0.1) is 12.1 Å². The Balaban J connectivity index is 1.81. The van der Waals surface area contributed by atoms with Crippen LogP contribution in [0.5, 0.6) is 0 Å². The van der Waals surface area contributed by atoms with Gasteiger partial charge in [0.2, 0.25) is 0 Å². The number of benzene rings is 2. The van der Waals surface area contributed by atoms with Gasteiger partial charge in [0.25, 0.3) is 0 Å². The molecule has 4 rings (SSSR count). The van der Waals surface area contributed by atoms with Gasteiger partial charge < -0.3 is 15.6 Å². The Hall–Kier alpha value is -3.70. The number of hydrogen-bond acceptors (Lipinski definition) is 4. The lowest BCUT2D eigenvalue weighted by Crippen LogP contribution is -2.34. The molecule has 0 fully saturated rings. The average molecular weight is 456 g/mol. The maximum atomic E-state index is 12.5. The number of esters is 1. The third-order valence-corrected chi connectivity index (χ3v) is 6.83. The predicted octanol–water partition coefficient (Wildman–Crippen LogP) is 4.95. The van der Waals surface area contributed by atoms with Crippen molar-refractivity contribution in [3.63, 3.8) is 0 Å². The maximum absolute atomic E-state index is 12.5. The van der Waals surface area contributed by atoms with Crippen LogP contribution in [0.25, 0.3) is 6.08 Å². The fourth-order valence-electron chi connectivity index (χ4n) is 5.09. The van der Waals surface area contributed by atoms with Crippen molar-refractivity contribution in [2.24, 2.45) is 11.1 Å². The summed E-state index contributed by atoms with van der Waals surface area (Å²) in [5, 5.41) is 9.21. The minimum absolute atomic E-state index is 0.0155. The standard InChI is InChI=1S/C29H29NO4/c1-3-20(13-12-19(2)28(32)33)16-29(24-14-21-8-4-5-9-22(21)15-24)17-23-10-6-7-11-25(23)27(29)34-26(31)18-30/h3-14,27H,2,15-18,30H2,1H3,(H,32,33).